The number of nitrogens with one attached hydrogen (secondary N) is 2. The Labute approximate surface area is 189 Å². The highest BCUT2D eigenvalue weighted by atomic mass is 35.5. The number of carbonyl (C=O) groups is 1. The smallest absolute Gasteiger partial charge is 0.266 e. The zero-order chi connectivity index (χ0) is 22.9. The van der Waals surface area contributed by atoms with Crippen LogP contribution in [0.4, 0.5) is 0 Å². The van der Waals surface area contributed by atoms with Crippen LogP contribution in [0.1, 0.15) is 42.6 Å². The first-order valence-electron chi connectivity index (χ1n) is 10.0. The summed E-state index contributed by atoms with van der Waals surface area (Å²) < 4.78 is 35.9. The summed E-state index contributed by atoms with van der Waals surface area (Å²) in [5, 5.41) is 0. The largest absolute Gasteiger partial charge is 0.493 e. The topological polar surface area (TPSA) is 93.7 Å². The summed E-state index contributed by atoms with van der Waals surface area (Å²) in [6.07, 6.45) is 2.47. The maximum atomic E-state index is 12.5. The number of rotatable bonds is 12. The van der Waals surface area contributed by atoms with Crippen LogP contribution < -0.4 is 19.7 Å². The van der Waals surface area contributed by atoms with E-state index in [0.717, 1.165) is 24.8 Å². The van der Waals surface area contributed by atoms with Crippen molar-refractivity contribution in [2.45, 2.75) is 38.0 Å². The van der Waals surface area contributed by atoms with Crippen LogP contribution in [0.2, 0.25) is 0 Å². The Kier molecular flexibility index (Phi) is 9.61. The molecule has 0 unspecified atom stereocenters. The minimum Gasteiger partial charge on any atom is -0.493 e. The maximum absolute atomic E-state index is 12.5. The summed E-state index contributed by atoms with van der Waals surface area (Å²) >= 11 is 5.68. The molecule has 0 aliphatic carbocycles. The van der Waals surface area contributed by atoms with Gasteiger partial charge in [-0.25, -0.2) is 8.42 Å². The molecule has 31 heavy (non-hydrogen) atoms. The Morgan fingerprint density at radius 1 is 1.10 bits per heavy atom. The number of ether oxygens (including phenoxy) is 2. The van der Waals surface area contributed by atoms with Gasteiger partial charge >= 0.3 is 0 Å². The molecule has 2 aromatic rings. The second-order valence-corrected chi connectivity index (χ2v) is 9.45. The van der Waals surface area contributed by atoms with Crippen LogP contribution in [0.15, 0.2) is 47.4 Å². The molecule has 0 atom stereocenters. The van der Waals surface area contributed by atoms with E-state index in [2.05, 4.69) is 24.1 Å². The van der Waals surface area contributed by atoms with Crippen LogP contribution >= 0.6 is 11.6 Å². The van der Waals surface area contributed by atoms with E-state index >= 15 is 0 Å². The standard InChI is InChI=1S/C22H29ClN2O5S/c1-16(2)12-14-30-20-11-8-18(15-21(20)29-3)22(26)24-25-31(27,28)19-9-6-17(7-10-19)5-4-13-23/h6-11,15-16,25H,4-5,12-14H2,1-3H3,(H,24,26). The average molecular weight is 469 g/mol. The van der Waals surface area contributed by atoms with E-state index in [1.165, 1.54) is 25.3 Å². The van der Waals surface area contributed by atoms with Gasteiger partial charge in [0.1, 0.15) is 0 Å². The fraction of sp³-hybridized carbons (Fsp3) is 0.409. The maximum Gasteiger partial charge on any atom is 0.266 e. The zero-order valence-electron chi connectivity index (χ0n) is 18.0. The number of hydrogen-bond acceptors (Lipinski definition) is 5. The summed E-state index contributed by atoms with van der Waals surface area (Å²) in [4.78, 5) is 14.6. The quantitative estimate of drug-likeness (QED) is 0.364. The van der Waals surface area contributed by atoms with Crippen molar-refractivity contribution in [3.63, 3.8) is 0 Å². The van der Waals surface area contributed by atoms with E-state index in [0.29, 0.717) is 29.9 Å². The fourth-order valence-corrected chi connectivity index (χ4v) is 3.66. The third kappa shape index (κ3) is 7.72. The van der Waals surface area contributed by atoms with Crippen molar-refractivity contribution in [1.29, 1.82) is 0 Å². The molecule has 2 aromatic carbocycles. The second-order valence-electron chi connectivity index (χ2n) is 7.39. The molecule has 2 rings (SSSR count). The number of alkyl halides is 1. The van der Waals surface area contributed by atoms with Crippen LogP contribution in [0.3, 0.4) is 0 Å². The monoisotopic (exact) mass is 468 g/mol. The molecule has 2 N–H and O–H groups in total. The predicted octanol–water partition coefficient (Wildman–Crippen LogP) is 3.91. The molecule has 0 aliphatic heterocycles. The molecular weight excluding hydrogens is 440 g/mol. The van der Waals surface area contributed by atoms with Gasteiger partial charge in [-0.1, -0.05) is 26.0 Å². The molecule has 0 radical (unpaired) electrons. The lowest BCUT2D eigenvalue weighted by atomic mass is 10.1. The molecular formula is C22H29ClN2O5S. The number of amides is 1. The normalized spacial score (nSPS) is 11.4. The molecule has 170 valence electrons. The Balaban J connectivity index is 2.00. The summed E-state index contributed by atoms with van der Waals surface area (Å²) in [7, 11) is -2.43. The van der Waals surface area contributed by atoms with Gasteiger partial charge in [-0.05, 0) is 61.1 Å². The van der Waals surface area contributed by atoms with Crippen LogP contribution in [0, 0.1) is 5.92 Å². The van der Waals surface area contributed by atoms with E-state index in [9.17, 15) is 13.2 Å². The van der Waals surface area contributed by atoms with Gasteiger partial charge in [0.25, 0.3) is 15.9 Å². The first-order chi connectivity index (χ1) is 14.8. The van der Waals surface area contributed by atoms with Crippen molar-refractivity contribution in [1.82, 2.24) is 10.3 Å². The molecule has 7 nitrogen and oxygen atoms in total. The van der Waals surface area contributed by atoms with Gasteiger partial charge in [0.2, 0.25) is 0 Å². The SMILES string of the molecule is COc1cc(C(=O)NNS(=O)(=O)c2ccc(CCCCl)cc2)ccc1OCCC(C)C. The van der Waals surface area contributed by atoms with E-state index in [4.69, 9.17) is 21.1 Å². The van der Waals surface area contributed by atoms with Crippen molar-refractivity contribution in [3.05, 3.63) is 53.6 Å². The molecule has 0 spiro atoms. The van der Waals surface area contributed by atoms with Crippen LogP contribution in [-0.4, -0.2) is 33.9 Å². The van der Waals surface area contributed by atoms with Gasteiger partial charge in [0.05, 0.1) is 18.6 Å². The Hall–Kier alpha value is -2.29. The molecule has 0 fully saturated rings. The number of carbonyl (C=O) groups excluding carboxylic acids is 1. The lowest BCUT2D eigenvalue weighted by Crippen LogP contribution is -2.41. The second kappa shape index (κ2) is 11.9. The van der Waals surface area contributed by atoms with Crippen LogP contribution in [-0.2, 0) is 16.4 Å². The highest BCUT2D eigenvalue weighted by Gasteiger charge is 2.17. The molecule has 0 saturated heterocycles. The number of aryl methyl sites for hydroxylation is 1. The van der Waals surface area contributed by atoms with Gasteiger partial charge in [0, 0.05) is 11.4 Å². The minimum absolute atomic E-state index is 0.0499. The summed E-state index contributed by atoms with van der Waals surface area (Å²) in [5.41, 5.74) is 3.45. The molecule has 0 aromatic heterocycles. The Morgan fingerprint density at radius 3 is 2.42 bits per heavy atom. The number of benzene rings is 2. The third-order valence-electron chi connectivity index (χ3n) is 4.51. The van der Waals surface area contributed by atoms with Gasteiger partial charge < -0.3 is 9.47 Å². The number of sulfonamides is 1. The van der Waals surface area contributed by atoms with Gasteiger partial charge in [-0.2, -0.15) is 0 Å². The Morgan fingerprint density at radius 2 is 1.81 bits per heavy atom. The van der Waals surface area contributed by atoms with Gasteiger partial charge in [0.15, 0.2) is 11.5 Å². The Bertz CT molecular complexity index is 962. The average Bonchev–Trinajstić information content (AvgIpc) is 2.76. The van der Waals surface area contributed by atoms with Crippen LogP contribution in [0.25, 0.3) is 0 Å². The van der Waals surface area contributed by atoms with Crippen molar-refractivity contribution in [2.75, 3.05) is 19.6 Å². The predicted molar refractivity (Wildman–Crippen MR) is 121 cm³/mol. The number of methoxy groups -OCH3 is 1. The van der Waals surface area contributed by atoms with Crippen molar-refractivity contribution < 1.29 is 22.7 Å². The van der Waals surface area contributed by atoms with Crippen molar-refractivity contribution in [3.8, 4) is 11.5 Å². The van der Waals surface area contributed by atoms with E-state index in [1.54, 1.807) is 24.3 Å². The summed E-state index contributed by atoms with van der Waals surface area (Å²) in [6.45, 7) is 4.74. The first kappa shape index (κ1) is 25.0. The minimum atomic E-state index is -3.91. The number of hydrazine groups is 1. The van der Waals surface area contributed by atoms with E-state index in [1.807, 2.05) is 0 Å². The van der Waals surface area contributed by atoms with Gasteiger partial charge in [-0.3, -0.25) is 10.2 Å². The summed E-state index contributed by atoms with van der Waals surface area (Å²) in [5.74, 6) is 1.35. The molecule has 0 aliphatic rings. The molecule has 0 bridgehead atoms. The molecule has 9 heteroatoms. The van der Waals surface area contributed by atoms with Crippen molar-refractivity contribution in [2.24, 2.45) is 5.92 Å². The zero-order valence-corrected chi connectivity index (χ0v) is 19.6. The highest BCUT2D eigenvalue weighted by molar-refractivity contribution is 7.89. The van der Waals surface area contributed by atoms with Crippen molar-refractivity contribution >= 4 is 27.5 Å². The summed E-state index contributed by atoms with van der Waals surface area (Å²) in [6, 6.07) is 11.1. The lowest BCUT2D eigenvalue weighted by Gasteiger charge is -2.13. The third-order valence-corrected chi connectivity index (χ3v) is 6.04. The molecule has 0 saturated carbocycles. The van der Waals surface area contributed by atoms with E-state index in [-0.39, 0.29) is 10.5 Å². The number of halogens is 1. The molecule has 1 amide bonds. The van der Waals surface area contributed by atoms with Gasteiger partial charge in [-0.15, -0.1) is 16.4 Å². The first-order valence-corrected chi connectivity index (χ1v) is 12.1. The molecule has 0 heterocycles. The lowest BCUT2D eigenvalue weighted by molar-refractivity contribution is 0.0944. The fourth-order valence-electron chi connectivity index (χ4n) is 2.68. The van der Waals surface area contributed by atoms with Crippen LogP contribution in [0.5, 0.6) is 11.5 Å². The van der Waals surface area contributed by atoms with E-state index < -0.39 is 15.9 Å². The highest BCUT2D eigenvalue weighted by Crippen LogP contribution is 2.28. The number of hydrogen-bond donors (Lipinski definition) is 2.